The molecular formula is C16H19N3O. The summed E-state index contributed by atoms with van der Waals surface area (Å²) < 4.78 is 0. The Balaban J connectivity index is 2.11. The van der Waals surface area contributed by atoms with Gasteiger partial charge in [-0.15, -0.1) is 0 Å². The van der Waals surface area contributed by atoms with Gasteiger partial charge >= 0.3 is 0 Å². The van der Waals surface area contributed by atoms with Crippen LogP contribution < -0.4 is 10.6 Å². The third-order valence-corrected chi connectivity index (χ3v) is 3.24. The lowest BCUT2D eigenvalue weighted by Crippen LogP contribution is -2.09. The molecule has 0 atom stereocenters. The average Bonchev–Trinajstić information content (AvgIpc) is 2.46. The Bertz CT molecular complexity index is 606. The molecule has 4 nitrogen and oxygen atoms in total. The Morgan fingerprint density at radius 1 is 1.20 bits per heavy atom. The minimum absolute atomic E-state index is 0.0120. The van der Waals surface area contributed by atoms with Gasteiger partial charge in [-0.2, -0.15) is 0 Å². The molecule has 1 aromatic heterocycles. The van der Waals surface area contributed by atoms with E-state index in [-0.39, 0.29) is 5.91 Å². The molecule has 1 amide bonds. The van der Waals surface area contributed by atoms with Crippen LogP contribution in [0.2, 0.25) is 0 Å². The second kappa shape index (κ2) is 6.19. The molecule has 0 bridgehead atoms. The summed E-state index contributed by atoms with van der Waals surface area (Å²) in [5.74, 6) is 0.746. The molecule has 20 heavy (non-hydrogen) atoms. The molecule has 0 spiro atoms. The Hall–Kier alpha value is -2.36. The van der Waals surface area contributed by atoms with E-state index in [1.165, 1.54) is 11.1 Å². The molecule has 0 saturated carbocycles. The summed E-state index contributed by atoms with van der Waals surface area (Å²) in [5, 5.41) is 6.06. The molecule has 1 aromatic carbocycles. The molecule has 0 fully saturated rings. The van der Waals surface area contributed by atoms with Gasteiger partial charge in [0.2, 0.25) is 5.91 Å². The van der Waals surface area contributed by atoms with E-state index < -0.39 is 0 Å². The first-order valence-electron chi connectivity index (χ1n) is 6.69. The van der Waals surface area contributed by atoms with Crippen molar-refractivity contribution in [1.29, 1.82) is 0 Å². The van der Waals surface area contributed by atoms with Crippen LogP contribution in [-0.4, -0.2) is 10.9 Å². The van der Waals surface area contributed by atoms with Gasteiger partial charge in [0, 0.05) is 12.1 Å². The molecule has 4 heteroatoms. The van der Waals surface area contributed by atoms with Crippen molar-refractivity contribution in [2.24, 2.45) is 0 Å². The zero-order valence-electron chi connectivity index (χ0n) is 12.0. The van der Waals surface area contributed by atoms with Crippen LogP contribution in [0.3, 0.4) is 0 Å². The first-order chi connectivity index (χ1) is 9.60. The van der Waals surface area contributed by atoms with Gasteiger partial charge < -0.3 is 10.6 Å². The lowest BCUT2D eigenvalue weighted by Gasteiger charge is -2.11. The van der Waals surface area contributed by atoms with Crippen molar-refractivity contribution in [3.8, 4) is 0 Å². The number of rotatable bonds is 4. The molecule has 2 N–H and O–H groups in total. The highest BCUT2D eigenvalue weighted by Gasteiger charge is 2.03. The van der Waals surface area contributed by atoms with E-state index in [0.717, 1.165) is 11.5 Å². The van der Waals surface area contributed by atoms with Crippen molar-refractivity contribution in [3.05, 3.63) is 47.7 Å². The van der Waals surface area contributed by atoms with Gasteiger partial charge in [-0.25, -0.2) is 4.98 Å². The quantitative estimate of drug-likeness (QED) is 0.887. The number of amides is 1. The minimum atomic E-state index is -0.0120. The fourth-order valence-corrected chi connectivity index (χ4v) is 1.82. The fourth-order valence-electron chi connectivity index (χ4n) is 1.82. The number of pyridine rings is 1. The molecule has 2 aromatic rings. The van der Waals surface area contributed by atoms with Crippen LogP contribution in [0.5, 0.6) is 0 Å². The van der Waals surface area contributed by atoms with Crippen LogP contribution in [0, 0.1) is 13.8 Å². The van der Waals surface area contributed by atoms with Gasteiger partial charge in [-0.05, 0) is 43.2 Å². The molecule has 1 heterocycles. The third-order valence-electron chi connectivity index (χ3n) is 3.24. The van der Waals surface area contributed by atoms with Crippen LogP contribution in [0.25, 0.3) is 0 Å². The molecule has 2 rings (SSSR count). The van der Waals surface area contributed by atoms with E-state index in [1.54, 1.807) is 6.20 Å². The number of nitrogens with zero attached hydrogens (tertiary/aromatic N) is 1. The number of nitrogens with one attached hydrogen (secondary N) is 2. The second-order valence-corrected chi connectivity index (χ2v) is 4.71. The minimum Gasteiger partial charge on any atom is -0.340 e. The summed E-state index contributed by atoms with van der Waals surface area (Å²) in [6.07, 6.45) is 2.11. The van der Waals surface area contributed by atoms with Crippen LogP contribution in [0.4, 0.5) is 17.2 Å². The summed E-state index contributed by atoms with van der Waals surface area (Å²) in [5.41, 5.74) is 4.20. The Labute approximate surface area is 119 Å². The number of anilines is 3. The van der Waals surface area contributed by atoms with Crippen LogP contribution >= 0.6 is 0 Å². The Morgan fingerprint density at radius 3 is 2.65 bits per heavy atom. The first kappa shape index (κ1) is 14.1. The van der Waals surface area contributed by atoms with Crippen molar-refractivity contribution in [3.63, 3.8) is 0 Å². The number of carbonyl (C=O) groups excluding carboxylic acids is 1. The van der Waals surface area contributed by atoms with E-state index in [4.69, 9.17) is 0 Å². The maximum absolute atomic E-state index is 11.3. The molecule has 0 saturated heterocycles. The highest BCUT2D eigenvalue weighted by molar-refractivity contribution is 5.90. The Morgan fingerprint density at radius 2 is 2.00 bits per heavy atom. The lowest BCUT2D eigenvalue weighted by molar-refractivity contribution is -0.115. The van der Waals surface area contributed by atoms with E-state index in [1.807, 2.05) is 31.2 Å². The first-order valence-corrected chi connectivity index (χ1v) is 6.69. The SMILES string of the molecule is CCC(=O)Nc1ccc(Nc2cccc(C)c2C)nc1. The zero-order chi connectivity index (χ0) is 14.5. The van der Waals surface area contributed by atoms with Crippen molar-refractivity contribution in [1.82, 2.24) is 4.98 Å². The van der Waals surface area contributed by atoms with Gasteiger partial charge in [-0.1, -0.05) is 19.1 Å². The number of hydrogen-bond donors (Lipinski definition) is 2. The van der Waals surface area contributed by atoms with Crippen molar-refractivity contribution in [2.45, 2.75) is 27.2 Å². The summed E-state index contributed by atoms with van der Waals surface area (Å²) in [7, 11) is 0. The van der Waals surface area contributed by atoms with E-state index >= 15 is 0 Å². The Kier molecular flexibility index (Phi) is 4.35. The number of hydrogen-bond acceptors (Lipinski definition) is 3. The van der Waals surface area contributed by atoms with E-state index in [0.29, 0.717) is 12.1 Å². The van der Waals surface area contributed by atoms with E-state index in [9.17, 15) is 4.79 Å². The van der Waals surface area contributed by atoms with Gasteiger partial charge in [-0.3, -0.25) is 4.79 Å². The fraction of sp³-hybridized carbons (Fsp3) is 0.250. The average molecular weight is 269 g/mol. The number of aromatic nitrogens is 1. The second-order valence-electron chi connectivity index (χ2n) is 4.71. The van der Waals surface area contributed by atoms with Gasteiger partial charge in [0.1, 0.15) is 5.82 Å². The summed E-state index contributed by atoms with van der Waals surface area (Å²) in [6.45, 7) is 5.98. The summed E-state index contributed by atoms with van der Waals surface area (Å²) >= 11 is 0. The molecule has 0 aliphatic rings. The normalized spacial score (nSPS) is 10.2. The summed E-state index contributed by atoms with van der Waals surface area (Å²) in [4.78, 5) is 15.6. The molecule has 104 valence electrons. The maximum Gasteiger partial charge on any atom is 0.224 e. The third kappa shape index (κ3) is 3.35. The monoisotopic (exact) mass is 269 g/mol. The molecular weight excluding hydrogens is 250 g/mol. The van der Waals surface area contributed by atoms with Gasteiger partial charge in [0.05, 0.1) is 11.9 Å². The molecule has 0 radical (unpaired) electrons. The lowest BCUT2D eigenvalue weighted by atomic mass is 10.1. The molecule has 0 unspecified atom stereocenters. The largest absolute Gasteiger partial charge is 0.340 e. The number of carbonyl (C=O) groups is 1. The highest BCUT2D eigenvalue weighted by atomic mass is 16.1. The van der Waals surface area contributed by atoms with Crippen LogP contribution in [-0.2, 0) is 4.79 Å². The van der Waals surface area contributed by atoms with Crippen molar-refractivity contribution in [2.75, 3.05) is 10.6 Å². The summed E-state index contributed by atoms with van der Waals surface area (Å²) in [6, 6.07) is 9.82. The molecule has 0 aliphatic heterocycles. The maximum atomic E-state index is 11.3. The topological polar surface area (TPSA) is 54.0 Å². The van der Waals surface area contributed by atoms with Crippen LogP contribution in [0.15, 0.2) is 36.5 Å². The highest BCUT2D eigenvalue weighted by Crippen LogP contribution is 2.22. The molecule has 0 aliphatic carbocycles. The van der Waals surface area contributed by atoms with Crippen molar-refractivity contribution < 1.29 is 4.79 Å². The number of benzene rings is 1. The van der Waals surface area contributed by atoms with Gasteiger partial charge in [0.15, 0.2) is 0 Å². The predicted molar refractivity (Wildman–Crippen MR) is 82.4 cm³/mol. The smallest absolute Gasteiger partial charge is 0.224 e. The van der Waals surface area contributed by atoms with Crippen LogP contribution in [0.1, 0.15) is 24.5 Å². The predicted octanol–water partition coefficient (Wildman–Crippen LogP) is 3.79. The standard InChI is InChI=1S/C16H19N3O/c1-4-16(20)18-13-8-9-15(17-10-13)19-14-7-5-6-11(2)12(14)3/h5-10H,4H2,1-3H3,(H,17,19)(H,18,20). The van der Waals surface area contributed by atoms with E-state index in [2.05, 4.69) is 35.5 Å². The van der Waals surface area contributed by atoms with Crippen molar-refractivity contribution >= 4 is 23.1 Å². The number of aryl methyl sites for hydroxylation is 1. The van der Waals surface area contributed by atoms with Gasteiger partial charge in [0.25, 0.3) is 0 Å². The zero-order valence-corrected chi connectivity index (χ0v) is 12.0.